The summed E-state index contributed by atoms with van der Waals surface area (Å²) < 4.78 is 11.6. The first-order chi connectivity index (χ1) is 9.15. The third-order valence-electron chi connectivity index (χ3n) is 4.31. The molecule has 2 heterocycles. The number of morpholine rings is 1. The molecule has 0 aromatic rings. The van der Waals surface area contributed by atoms with Crippen molar-refractivity contribution in [2.75, 3.05) is 26.2 Å². The molecule has 3 atom stereocenters. The molecular weight excluding hydrogens is 258 g/mol. The molecule has 2 aliphatic heterocycles. The molecule has 2 saturated heterocycles. The lowest BCUT2D eigenvalue weighted by Crippen LogP contribution is -2.51. The van der Waals surface area contributed by atoms with Gasteiger partial charge in [-0.25, -0.2) is 0 Å². The van der Waals surface area contributed by atoms with Crippen molar-refractivity contribution in [2.45, 2.75) is 58.0 Å². The maximum Gasteiger partial charge on any atom is 0.171 e. The highest BCUT2D eigenvalue weighted by molar-refractivity contribution is 5.91. The molecule has 116 valence electrons. The molecule has 0 bridgehead atoms. The topological polar surface area (TPSA) is 59.0 Å². The fourth-order valence-corrected chi connectivity index (χ4v) is 3.47. The van der Waals surface area contributed by atoms with E-state index in [1.165, 1.54) is 0 Å². The number of nitrogens with zero attached hydrogens (tertiary/aromatic N) is 1. The van der Waals surface area contributed by atoms with Crippen molar-refractivity contribution in [3.8, 4) is 0 Å². The number of rotatable bonds is 3. The summed E-state index contributed by atoms with van der Waals surface area (Å²) in [6, 6.07) is 0. The minimum atomic E-state index is -0.706. The van der Waals surface area contributed by atoms with E-state index in [1.54, 1.807) is 0 Å². The Hall–Kier alpha value is -0.490. The second-order valence-corrected chi connectivity index (χ2v) is 7.10. The van der Waals surface area contributed by atoms with Crippen molar-refractivity contribution in [1.82, 2.24) is 4.90 Å². The Kier molecular flexibility index (Phi) is 4.27. The number of ketones is 1. The monoisotopic (exact) mass is 285 g/mol. The number of hydrogen-bond acceptors (Lipinski definition) is 5. The van der Waals surface area contributed by atoms with Gasteiger partial charge in [0.2, 0.25) is 0 Å². The summed E-state index contributed by atoms with van der Waals surface area (Å²) in [5.74, 6) is 0.0318. The molecule has 5 heteroatoms. The van der Waals surface area contributed by atoms with Crippen LogP contribution in [0.4, 0.5) is 0 Å². The second kappa shape index (κ2) is 5.37. The molecule has 2 aliphatic rings. The molecule has 2 rings (SSSR count). The van der Waals surface area contributed by atoms with Crippen LogP contribution >= 0.6 is 0 Å². The van der Waals surface area contributed by atoms with Crippen molar-refractivity contribution >= 4 is 5.78 Å². The van der Waals surface area contributed by atoms with Crippen molar-refractivity contribution in [3.63, 3.8) is 0 Å². The highest BCUT2D eigenvalue weighted by atomic mass is 16.5. The van der Waals surface area contributed by atoms with E-state index in [2.05, 4.69) is 4.90 Å². The van der Waals surface area contributed by atoms with Gasteiger partial charge in [0.15, 0.2) is 5.78 Å². The Labute approximate surface area is 121 Å². The van der Waals surface area contributed by atoms with Gasteiger partial charge in [0, 0.05) is 19.6 Å². The molecule has 0 aliphatic carbocycles. The molecule has 0 radical (unpaired) electrons. The zero-order chi connectivity index (χ0) is 15.1. The van der Waals surface area contributed by atoms with Crippen LogP contribution in [-0.4, -0.2) is 65.4 Å². The number of hydrogen-bond donors (Lipinski definition) is 1. The Morgan fingerprint density at radius 2 is 1.95 bits per heavy atom. The number of Topliss-reactive ketones (excluding diaryl/α,β-unsaturated/α-hetero) is 1. The quantitative estimate of drug-likeness (QED) is 0.833. The number of ether oxygens (including phenoxy) is 2. The minimum absolute atomic E-state index is 0.0187. The SMILES string of the molecule is CC1CN(CC2C(=O)C(C)(C)OC2(C)C)CC(CO)O1. The average molecular weight is 285 g/mol. The molecule has 3 unspecified atom stereocenters. The summed E-state index contributed by atoms with van der Waals surface area (Å²) in [6.45, 7) is 11.8. The molecule has 0 spiro atoms. The van der Waals surface area contributed by atoms with Crippen molar-refractivity contribution in [3.05, 3.63) is 0 Å². The molecule has 20 heavy (non-hydrogen) atoms. The Bertz CT molecular complexity index is 380. The first kappa shape index (κ1) is 15.9. The van der Waals surface area contributed by atoms with Crippen molar-refractivity contribution < 1.29 is 19.4 Å². The normalized spacial score (nSPS) is 37.3. The number of carbonyl (C=O) groups is 1. The summed E-state index contributed by atoms with van der Waals surface area (Å²) in [7, 11) is 0. The highest BCUT2D eigenvalue weighted by Crippen LogP contribution is 2.39. The molecule has 0 amide bonds. The minimum Gasteiger partial charge on any atom is -0.394 e. The van der Waals surface area contributed by atoms with Crippen LogP contribution in [0.15, 0.2) is 0 Å². The zero-order valence-electron chi connectivity index (χ0n) is 13.2. The van der Waals surface area contributed by atoms with E-state index in [4.69, 9.17) is 9.47 Å². The van der Waals surface area contributed by atoms with Crippen LogP contribution in [-0.2, 0) is 14.3 Å². The van der Waals surface area contributed by atoms with Crippen LogP contribution in [0.1, 0.15) is 34.6 Å². The summed E-state index contributed by atoms with van der Waals surface area (Å²) in [6.07, 6.45) is -0.0817. The summed E-state index contributed by atoms with van der Waals surface area (Å²) in [4.78, 5) is 14.7. The van der Waals surface area contributed by atoms with Gasteiger partial charge >= 0.3 is 0 Å². The Morgan fingerprint density at radius 3 is 2.45 bits per heavy atom. The van der Waals surface area contributed by atoms with Gasteiger partial charge in [0.25, 0.3) is 0 Å². The van der Waals surface area contributed by atoms with Gasteiger partial charge < -0.3 is 14.6 Å². The fraction of sp³-hybridized carbons (Fsp3) is 0.933. The maximum atomic E-state index is 12.5. The predicted octanol–water partition coefficient (Wildman–Crippen LogP) is 0.841. The Balaban J connectivity index is 2.07. The highest BCUT2D eigenvalue weighted by Gasteiger charge is 2.53. The van der Waals surface area contributed by atoms with Gasteiger partial charge in [-0.1, -0.05) is 0 Å². The standard InChI is InChI=1S/C15H27NO4/c1-10-6-16(7-11(9-17)19-10)8-12-13(18)15(4,5)20-14(12,2)3/h10-12,17H,6-9H2,1-5H3. The third kappa shape index (κ3) is 3.06. The van der Waals surface area contributed by atoms with Crippen molar-refractivity contribution in [1.29, 1.82) is 0 Å². The molecule has 1 N–H and O–H groups in total. The zero-order valence-corrected chi connectivity index (χ0v) is 13.2. The fourth-order valence-electron chi connectivity index (χ4n) is 3.47. The van der Waals surface area contributed by atoms with E-state index in [0.29, 0.717) is 13.1 Å². The van der Waals surface area contributed by atoms with Crippen LogP contribution in [0, 0.1) is 5.92 Å². The summed E-state index contributed by atoms with van der Waals surface area (Å²) in [5.41, 5.74) is -1.15. The van der Waals surface area contributed by atoms with Gasteiger partial charge in [-0.2, -0.15) is 0 Å². The maximum absolute atomic E-state index is 12.5. The molecule has 0 aromatic carbocycles. The number of aliphatic hydroxyl groups excluding tert-OH is 1. The van der Waals surface area contributed by atoms with Gasteiger partial charge in [-0.15, -0.1) is 0 Å². The number of aliphatic hydroxyl groups is 1. The van der Waals surface area contributed by atoms with Gasteiger partial charge in [0.05, 0.1) is 30.3 Å². The Morgan fingerprint density at radius 1 is 1.30 bits per heavy atom. The lowest BCUT2D eigenvalue weighted by atomic mass is 9.85. The van der Waals surface area contributed by atoms with E-state index in [1.807, 2.05) is 34.6 Å². The first-order valence-electron chi connectivity index (χ1n) is 7.39. The predicted molar refractivity (Wildman–Crippen MR) is 75.6 cm³/mol. The molecular formula is C15H27NO4. The van der Waals surface area contributed by atoms with Crippen LogP contribution < -0.4 is 0 Å². The molecule has 2 fully saturated rings. The molecule has 5 nitrogen and oxygen atoms in total. The van der Waals surface area contributed by atoms with Gasteiger partial charge in [-0.05, 0) is 34.6 Å². The van der Waals surface area contributed by atoms with E-state index in [9.17, 15) is 9.90 Å². The van der Waals surface area contributed by atoms with E-state index in [0.717, 1.165) is 6.54 Å². The lowest BCUT2D eigenvalue weighted by molar-refractivity contribution is -0.132. The first-order valence-corrected chi connectivity index (χ1v) is 7.39. The van der Waals surface area contributed by atoms with Gasteiger partial charge in [0.1, 0.15) is 5.60 Å². The van der Waals surface area contributed by atoms with E-state index in [-0.39, 0.29) is 30.5 Å². The van der Waals surface area contributed by atoms with Crippen LogP contribution in [0.3, 0.4) is 0 Å². The van der Waals surface area contributed by atoms with Crippen molar-refractivity contribution in [2.24, 2.45) is 5.92 Å². The van der Waals surface area contributed by atoms with Crippen LogP contribution in [0.2, 0.25) is 0 Å². The summed E-state index contributed by atoms with van der Waals surface area (Å²) >= 11 is 0. The molecule has 0 aromatic heterocycles. The summed E-state index contributed by atoms with van der Waals surface area (Å²) in [5, 5.41) is 9.28. The second-order valence-electron chi connectivity index (χ2n) is 7.10. The number of carbonyl (C=O) groups excluding carboxylic acids is 1. The smallest absolute Gasteiger partial charge is 0.171 e. The third-order valence-corrected chi connectivity index (χ3v) is 4.31. The average Bonchev–Trinajstić information content (AvgIpc) is 2.47. The van der Waals surface area contributed by atoms with E-state index >= 15 is 0 Å². The largest absolute Gasteiger partial charge is 0.394 e. The van der Waals surface area contributed by atoms with E-state index < -0.39 is 11.2 Å². The van der Waals surface area contributed by atoms with Crippen LogP contribution in [0.25, 0.3) is 0 Å². The van der Waals surface area contributed by atoms with Crippen LogP contribution in [0.5, 0.6) is 0 Å². The van der Waals surface area contributed by atoms with Gasteiger partial charge in [-0.3, -0.25) is 9.69 Å². The molecule has 0 saturated carbocycles. The lowest BCUT2D eigenvalue weighted by Gasteiger charge is -2.38.